The van der Waals surface area contributed by atoms with Gasteiger partial charge >= 0.3 is 0 Å². The van der Waals surface area contributed by atoms with Crippen molar-refractivity contribution in [2.24, 2.45) is 0 Å². The lowest BCUT2D eigenvalue weighted by Crippen LogP contribution is -2.58. The number of aliphatic hydroxyl groups is 3. The van der Waals surface area contributed by atoms with Crippen molar-refractivity contribution in [3.63, 3.8) is 0 Å². The van der Waals surface area contributed by atoms with Crippen molar-refractivity contribution in [1.29, 1.82) is 0 Å². The molecule has 17 heavy (non-hydrogen) atoms. The fraction of sp³-hybridized carbons (Fsp3) is 1.00. The number of ether oxygens (including phenoxy) is 1. The van der Waals surface area contributed by atoms with Crippen LogP contribution >= 0.6 is 0 Å². The Morgan fingerprint density at radius 3 is 2.47 bits per heavy atom. The van der Waals surface area contributed by atoms with Gasteiger partial charge < -0.3 is 25.4 Å². The van der Waals surface area contributed by atoms with Crippen molar-refractivity contribution in [2.45, 2.75) is 18.6 Å². The molecule has 1 aliphatic heterocycles. The van der Waals surface area contributed by atoms with E-state index in [-0.39, 0.29) is 25.9 Å². The van der Waals surface area contributed by atoms with E-state index in [9.17, 15) is 15.3 Å². The van der Waals surface area contributed by atoms with E-state index in [4.69, 9.17) is 4.74 Å². The normalized spacial score (nSPS) is 22.9. The molecule has 102 valence electrons. The molecule has 6 heteroatoms. The molecule has 0 aromatic rings. The summed E-state index contributed by atoms with van der Waals surface area (Å²) in [6, 6.07) is 0. The zero-order valence-corrected chi connectivity index (χ0v) is 10.4. The van der Waals surface area contributed by atoms with Gasteiger partial charge in [-0.2, -0.15) is 0 Å². The standard InChI is InChI=1S/C11H24N2O4/c1-2-13-3-4-17-10(6-13)5-12-11(7-14,8-15)9-16/h10,12,14-16H,2-9H2,1H3. The van der Waals surface area contributed by atoms with E-state index in [0.29, 0.717) is 13.2 Å². The topological polar surface area (TPSA) is 85.2 Å². The van der Waals surface area contributed by atoms with E-state index in [2.05, 4.69) is 17.1 Å². The molecule has 0 spiro atoms. The number of nitrogens with one attached hydrogen (secondary N) is 1. The van der Waals surface area contributed by atoms with Crippen LogP contribution < -0.4 is 5.32 Å². The van der Waals surface area contributed by atoms with Gasteiger partial charge in [-0.25, -0.2) is 0 Å². The number of nitrogens with zero attached hydrogens (tertiary/aromatic N) is 1. The molecule has 1 rings (SSSR count). The zero-order chi connectivity index (χ0) is 12.7. The lowest BCUT2D eigenvalue weighted by Gasteiger charge is -2.35. The molecule has 1 heterocycles. The van der Waals surface area contributed by atoms with Crippen LogP contribution in [0.3, 0.4) is 0 Å². The third kappa shape index (κ3) is 4.17. The largest absolute Gasteiger partial charge is 0.394 e. The molecule has 4 N–H and O–H groups in total. The third-order valence-electron chi connectivity index (χ3n) is 3.28. The summed E-state index contributed by atoms with van der Waals surface area (Å²) in [6.45, 7) is 5.18. The molecule has 0 bridgehead atoms. The van der Waals surface area contributed by atoms with Gasteiger partial charge in [-0.15, -0.1) is 0 Å². The van der Waals surface area contributed by atoms with Crippen molar-refractivity contribution < 1.29 is 20.1 Å². The summed E-state index contributed by atoms with van der Waals surface area (Å²) in [6.07, 6.45) is 0.0349. The van der Waals surface area contributed by atoms with Crippen LogP contribution in [0.4, 0.5) is 0 Å². The first-order valence-electron chi connectivity index (χ1n) is 6.11. The highest BCUT2D eigenvalue weighted by molar-refractivity contribution is 4.88. The Bertz CT molecular complexity index is 203. The molecule has 1 unspecified atom stereocenters. The van der Waals surface area contributed by atoms with Crippen LogP contribution in [0.5, 0.6) is 0 Å². The van der Waals surface area contributed by atoms with Gasteiger partial charge in [0.25, 0.3) is 0 Å². The van der Waals surface area contributed by atoms with Crippen molar-refractivity contribution in [1.82, 2.24) is 10.2 Å². The molecular weight excluding hydrogens is 224 g/mol. The summed E-state index contributed by atoms with van der Waals surface area (Å²) >= 11 is 0. The molecule has 6 nitrogen and oxygen atoms in total. The Hall–Kier alpha value is -0.240. The Balaban J connectivity index is 2.38. The quantitative estimate of drug-likeness (QED) is 0.417. The molecule has 1 fully saturated rings. The maximum atomic E-state index is 9.17. The van der Waals surface area contributed by atoms with E-state index in [1.807, 2.05) is 0 Å². The van der Waals surface area contributed by atoms with Crippen LogP contribution in [0.15, 0.2) is 0 Å². The lowest BCUT2D eigenvalue weighted by atomic mass is 10.0. The Kier molecular flexibility index (Phi) is 6.32. The van der Waals surface area contributed by atoms with Crippen LogP contribution in [-0.2, 0) is 4.74 Å². The summed E-state index contributed by atoms with van der Waals surface area (Å²) in [5, 5.41) is 30.5. The molecule has 0 aromatic carbocycles. The summed E-state index contributed by atoms with van der Waals surface area (Å²) < 4.78 is 5.59. The molecule has 0 aromatic heterocycles. The summed E-state index contributed by atoms with van der Waals surface area (Å²) in [4.78, 5) is 2.29. The van der Waals surface area contributed by atoms with Gasteiger partial charge in [0.2, 0.25) is 0 Å². The Morgan fingerprint density at radius 2 is 1.94 bits per heavy atom. The highest BCUT2D eigenvalue weighted by Crippen LogP contribution is 2.07. The number of hydrogen-bond acceptors (Lipinski definition) is 6. The van der Waals surface area contributed by atoms with Gasteiger partial charge in [-0.1, -0.05) is 6.92 Å². The van der Waals surface area contributed by atoms with E-state index in [1.54, 1.807) is 0 Å². The first kappa shape index (κ1) is 14.8. The van der Waals surface area contributed by atoms with Gasteiger partial charge in [0.1, 0.15) is 0 Å². The smallest absolute Gasteiger partial charge is 0.0882 e. The van der Waals surface area contributed by atoms with Crippen LogP contribution in [0.25, 0.3) is 0 Å². The van der Waals surface area contributed by atoms with Gasteiger partial charge in [0.15, 0.2) is 0 Å². The highest BCUT2D eigenvalue weighted by atomic mass is 16.5. The maximum absolute atomic E-state index is 9.17. The molecule has 0 saturated carbocycles. The molecule has 0 aliphatic carbocycles. The van der Waals surface area contributed by atoms with E-state index in [1.165, 1.54) is 0 Å². The van der Waals surface area contributed by atoms with Crippen LogP contribution in [-0.4, -0.2) is 84.5 Å². The maximum Gasteiger partial charge on any atom is 0.0882 e. The minimum atomic E-state index is -1.02. The zero-order valence-electron chi connectivity index (χ0n) is 10.4. The van der Waals surface area contributed by atoms with Gasteiger partial charge in [0, 0.05) is 19.6 Å². The van der Waals surface area contributed by atoms with E-state index >= 15 is 0 Å². The Morgan fingerprint density at radius 1 is 1.29 bits per heavy atom. The first-order valence-corrected chi connectivity index (χ1v) is 6.11. The van der Waals surface area contributed by atoms with Gasteiger partial charge in [0.05, 0.1) is 38.1 Å². The molecular formula is C11H24N2O4. The molecule has 1 aliphatic rings. The summed E-state index contributed by atoms with van der Waals surface area (Å²) in [5.41, 5.74) is -1.02. The highest BCUT2D eigenvalue weighted by Gasteiger charge is 2.29. The molecule has 0 radical (unpaired) electrons. The molecule has 1 atom stereocenters. The Labute approximate surface area is 102 Å². The number of likely N-dealkylation sites (N-methyl/N-ethyl adjacent to an activating group) is 1. The van der Waals surface area contributed by atoms with Crippen molar-refractivity contribution in [2.75, 3.05) is 52.6 Å². The average Bonchev–Trinajstić information content (AvgIpc) is 2.41. The SMILES string of the molecule is CCN1CCOC(CNC(CO)(CO)CO)C1. The number of rotatable bonds is 7. The van der Waals surface area contributed by atoms with Crippen LogP contribution in [0.2, 0.25) is 0 Å². The minimum Gasteiger partial charge on any atom is -0.394 e. The summed E-state index contributed by atoms with van der Waals surface area (Å²) in [7, 11) is 0. The average molecular weight is 248 g/mol. The molecule has 1 saturated heterocycles. The van der Waals surface area contributed by atoms with E-state index in [0.717, 1.165) is 19.6 Å². The lowest BCUT2D eigenvalue weighted by molar-refractivity contribution is -0.0370. The minimum absolute atomic E-state index is 0.0349. The predicted molar refractivity (Wildman–Crippen MR) is 63.8 cm³/mol. The molecule has 0 amide bonds. The second-order valence-electron chi connectivity index (χ2n) is 4.52. The summed E-state index contributed by atoms with van der Waals surface area (Å²) in [5.74, 6) is 0. The van der Waals surface area contributed by atoms with Gasteiger partial charge in [-0.05, 0) is 6.54 Å². The second kappa shape index (κ2) is 7.25. The van der Waals surface area contributed by atoms with E-state index < -0.39 is 5.54 Å². The number of morpholine rings is 1. The van der Waals surface area contributed by atoms with Crippen molar-refractivity contribution in [3.05, 3.63) is 0 Å². The van der Waals surface area contributed by atoms with Crippen LogP contribution in [0, 0.1) is 0 Å². The third-order valence-corrected chi connectivity index (χ3v) is 3.28. The fourth-order valence-corrected chi connectivity index (χ4v) is 1.84. The predicted octanol–water partition coefficient (Wildman–Crippen LogP) is -1.99. The second-order valence-corrected chi connectivity index (χ2v) is 4.52. The number of hydrogen-bond donors (Lipinski definition) is 4. The first-order chi connectivity index (χ1) is 8.19. The van der Waals surface area contributed by atoms with Crippen LogP contribution in [0.1, 0.15) is 6.92 Å². The fourth-order valence-electron chi connectivity index (χ4n) is 1.84. The van der Waals surface area contributed by atoms with Crippen molar-refractivity contribution in [3.8, 4) is 0 Å². The monoisotopic (exact) mass is 248 g/mol. The van der Waals surface area contributed by atoms with Crippen molar-refractivity contribution >= 4 is 0 Å². The van der Waals surface area contributed by atoms with Gasteiger partial charge in [-0.3, -0.25) is 4.90 Å². The number of aliphatic hydroxyl groups excluding tert-OH is 3.